The van der Waals surface area contributed by atoms with Gasteiger partial charge in [-0.25, -0.2) is 0 Å². The second-order valence-electron chi connectivity index (χ2n) is 7.22. The van der Waals surface area contributed by atoms with Crippen LogP contribution in [-0.2, 0) is 4.79 Å². The summed E-state index contributed by atoms with van der Waals surface area (Å²) < 4.78 is 0. The van der Waals surface area contributed by atoms with Crippen LogP contribution in [0.15, 0.2) is 59.7 Å². The number of rotatable bonds is 3. The zero-order valence-corrected chi connectivity index (χ0v) is 16.0. The van der Waals surface area contributed by atoms with Crippen LogP contribution in [0.4, 0.5) is 0 Å². The zero-order chi connectivity index (χ0) is 19.2. The molecular weight excluding hydrogens is 322 g/mol. The molecule has 0 heterocycles. The molecule has 1 aliphatic carbocycles. The second-order valence-corrected chi connectivity index (χ2v) is 7.22. The number of allylic oxidation sites excluding steroid dienone is 5. The maximum Gasteiger partial charge on any atom is 0.247 e. The molecule has 0 bridgehead atoms. The summed E-state index contributed by atoms with van der Waals surface area (Å²) in [6.45, 7) is 7.22. The van der Waals surface area contributed by atoms with Crippen molar-refractivity contribution < 1.29 is 9.90 Å². The van der Waals surface area contributed by atoms with Crippen LogP contribution < -0.4 is 5.32 Å². The Kier molecular flexibility index (Phi) is 6.60. The van der Waals surface area contributed by atoms with Crippen LogP contribution in [0.25, 0.3) is 0 Å². The summed E-state index contributed by atoms with van der Waals surface area (Å²) in [4.78, 5) is 12.5. The lowest BCUT2D eigenvalue weighted by molar-refractivity contribution is -0.119. The van der Waals surface area contributed by atoms with Gasteiger partial charge in [-0.2, -0.15) is 0 Å². The molecule has 1 amide bonds. The molecular formula is C23H27NO2. The quantitative estimate of drug-likeness (QED) is 0.815. The van der Waals surface area contributed by atoms with Crippen molar-refractivity contribution in [3.63, 3.8) is 0 Å². The smallest absolute Gasteiger partial charge is 0.247 e. The zero-order valence-electron chi connectivity index (χ0n) is 16.0. The standard InChI is InChI=1S/C23H27NO2/c1-17-8-7-10-20(16-17)13-12-19-9-5-6-11-21(15-14-19)22(25)24-18(2)23(3,4)26/h5,7-10,14-16,18,26H,6,11H2,1-4H3,(H,24,25). The molecule has 1 aromatic carbocycles. The molecule has 2 N–H and O–H groups in total. The monoisotopic (exact) mass is 349 g/mol. The molecule has 1 atom stereocenters. The highest BCUT2D eigenvalue weighted by molar-refractivity contribution is 5.94. The number of aryl methyl sites for hydroxylation is 1. The van der Waals surface area contributed by atoms with E-state index in [-0.39, 0.29) is 11.9 Å². The molecule has 0 saturated carbocycles. The van der Waals surface area contributed by atoms with E-state index in [2.05, 4.69) is 17.2 Å². The second kappa shape index (κ2) is 8.69. The van der Waals surface area contributed by atoms with Gasteiger partial charge < -0.3 is 10.4 Å². The van der Waals surface area contributed by atoms with Gasteiger partial charge in [-0.05, 0) is 64.3 Å². The number of hydrogen-bond acceptors (Lipinski definition) is 2. The Bertz CT molecular complexity index is 811. The SMILES string of the molecule is Cc1cccc(C#CC2=CC=C(C(=O)NC(C)C(C)(C)O)CCC=C2)c1. The van der Waals surface area contributed by atoms with E-state index in [1.54, 1.807) is 20.8 Å². The van der Waals surface area contributed by atoms with Gasteiger partial charge in [0.1, 0.15) is 0 Å². The molecule has 26 heavy (non-hydrogen) atoms. The fourth-order valence-electron chi connectivity index (χ4n) is 2.38. The Morgan fingerprint density at radius 3 is 2.73 bits per heavy atom. The van der Waals surface area contributed by atoms with Crippen LogP contribution in [0, 0.1) is 18.8 Å². The van der Waals surface area contributed by atoms with Gasteiger partial charge in [0.25, 0.3) is 0 Å². The molecule has 1 unspecified atom stereocenters. The van der Waals surface area contributed by atoms with E-state index in [4.69, 9.17) is 0 Å². The normalized spacial score (nSPS) is 15.6. The molecule has 3 heteroatoms. The largest absolute Gasteiger partial charge is 0.388 e. The minimum absolute atomic E-state index is 0.142. The Hall–Kier alpha value is -2.57. The number of carbonyl (C=O) groups is 1. The Balaban J connectivity index is 2.16. The highest BCUT2D eigenvalue weighted by Gasteiger charge is 2.24. The molecule has 0 fully saturated rings. The number of amides is 1. The third-order valence-electron chi connectivity index (χ3n) is 4.41. The third kappa shape index (κ3) is 6.06. The summed E-state index contributed by atoms with van der Waals surface area (Å²) in [6.07, 6.45) is 9.18. The van der Waals surface area contributed by atoms with Crippen LogP contribution in [0.2, 0.25) is 0 Å². The van der Waals surface area contributed by atoms with E-state index in [0.29, 0.717) is 12.0 Å². The summed E-state index contributed by atoms with van der Waals surface area (Å²) >= 11 is 0. The maximum atomic E-state index is 12.5. The Labute approximate surface area is 156 Å². The summed E-state index contributed by atoms with van der Waals surface area (Å²) in [6, 6.07) is 7.74. The minimum Gasteiger partial charge on any atom is -0.388 e. The molecule has 1 aliphatic rings. The van der Waals surface area contributed by atoms with Crippen LogP contribution in [-0.4, -0.2) is 22.7 Å². The molecule has 3 nitrogen and oxygen atoms in total. The van der Waals surface area contributed by atoms with E-state index in [9.17, 15) is 9.90 Å². The lowest BCUT2D eigenvalue weighted by Crippen LogP contribution is -2.47. The van der Waals surface area contributed by atoms with Gasteiger partial charge in [0, 0.05) is 16.7 Å². The maximum absolute atomic E-state index is 12.5. The average Bonchev–Trinajstić information content (AvgIpc) is 2.53. The number of carbonyl (C=O) groups excluding carboxylic acids is 1. The van der Waals surface area contributed by atoms with Gasteiger partial charge >= 0.3 is 0 Å². The summed E-state index contributed by atoms with van der Waals surface area (Å²) in [5.74, 6) is 6.19. The molecule has 0 spiro atoms. The van der Waals surface area contributed by atoms with Crippen molar-refractivity contribution >= 4 is 5.91 Å². The molecule has 0 radical (unpaired) electrons. The summed E-state index contributed by atoms with van der Waals surface area (Å²) in [5.41, 5.74) is 2.76. The molecule has 2 rings (SSSR count). The van der Waals surface area contributed by atoms with Crippen LogP contribution in [0.1, 0.15) is 44.7 Å². The first-order valence-corrected chi connectivity index (χ1v) is 8.95. The first kappa shape index (κ1) is 19.8. The summed E-state index contributed by atoms with van der Waals surface area (Å²) in [5, 5.41) is 12.9. The fourth-order valence-corrected chi connectivity index (χ4v) is 2.38. The molecule has 0 aromatic heterocycles. The predicted octanol–water partition coefficient (Wildman–Crippen LogP) is 3.82. The van der Waals surface area contributed by atoms with Gasteiger partial charge in [0.15, 0.2) is 0 Å². The number of nitrogens with one attached hydrogen (secondary N) is 1. The number of hydrogen-bond donors (Lipinski definition) is 2. The molecule has 1 aromatic rings. The van der Waals surface area contributed by atoms with Crippen molar-refractivity contribution in [2.75, 3.05) is 0 Å². The first-order chi connectivity index (χ1) is 12.3. The highest BCUT2D eigenvalue weighted by Crippen LogP contribution is 2.14. The van der Waals surface area contributed by atoms with E-state index in [1.807, 2.05) is 55.5 Å². The first-order valence-electron chi connectivity index (χ1n) is 8.95. The lowest BCUT2D eigenvalue weighted by atomic mass is 9.99. The summed E-state index contributed by atoms with van der Waals surface area (Å²) in [7, 11) is 0. The number of aliphatic hydroxyl groups is 1. The van der Waals surface area contributed by atoms with Gasteiger partial charge in [0.05, 0.1) is 11.6 Å². The van der Waals surface area contributed by atoms with Gasteiger partial charge in [-0.15, -0.1) is 0 Å². The fraction of sp³-hybridized carbons (Fsp3) is 0.348. The average molecular weight is 349 g/mol. The number of benzene rings is 1. The van der Waals surface area contributed by atoms with Gasteiger partial charge in [-0.3, -0.25) is 4.79 Å². The Morgan fingerprint density at radius 2 is 2.04 bits per heavy atom. The lowest BCUT2D eigenvalue weighted by Gasteiger charge is -2.27. The van der Waals surface area contributed by atoms with Crippen molar-refractivity contribution in [1.29, 1.82) is 0 Å². The minimum atomic E-state index is -0.960. The van der Waals surface area contributed by atoms with E-state index < -0.39 is 5.60 Å². The third-order valence-corrected chi connectivity index (χ3v) is 4.41. The Morgan fingerprint density at radius 1 is 1.27 bits per heavy atom. The van der Waals surface area contributed by atoms with Crippen molar-refractivity contribution in [1.82, 2.24) is 5.32 Å². The van der Waals surface area contributed by atoms with Crippen LogP contribution >= 0.6 is 0 Å². The topological polar surface area (TPSA) is 49.3 Å². The van der Waals surface area contributed by atoms with Crippen molar-refractivity contribution in [3.05, 3.63) is 70.8 Å². The van der Waals surface area contributed by atoms with Crippen LogP contribution in [0.5, 0.6) is 0 Å². The predicted molar refractivity (Wildman–Crippen MR) is 106 cm³/mol. The highest BCUT2D eigenvalue weighted by atomic mass is 16.3. The molecule has 136 valence electrons. The van der Waals surface area contributed by atoms with Gasteiger partial charge in [-0.1, -0.05) is 42.2 Å². The molecule has 0 aliphatic heterocycles. The van der Waals surface area contributed by atoms with E-state index >= 15 is 0 Å². The van der Waals surface area contributed by atoms with Gasteiger partial charge in [0.2, 0.25) is 5.91 Å². The van der Waals surface area contributed by atoms with Crippen LogP contribution in [0.3, 0.4) is 0 Å². The van der Waals surface area contributed by atoms with E-state index in [0.717, 1.165) is 17.6 Å². The van der Waals surface area contributed by atoms with Crippen molar-refractivity contribution in [3.8, 4) is 11.8 Å². The van der Waals surface area contributed by atoms with Crippen molar-refractivity contribution in [2.45, 2.75) is 52.2 Å². The van der Waals surface area contributed by atoms with Crippen molar-refractivity contribution in [2.24, 2.45) is 0 Å². The van der Waals surface area contributed by atoms with E-state index in [1.165, 1.54) is 5.56 Å². The molecule has 0 saturated heterocycles.